The number of hydrogen-bond donors (Lipinski definition) is 0. The standard InChI is InChI=1S/C13H13F2NO4/c1-2-18-13(17)6-10-9-5-8(19-7-12(14)15)3-4-11(9)20-16-10/h3-5,12H,2,6-7H2,1H3. The van der Waals surface area contributed by atoms with Crippen LogP contribution in [0.5, 0.6) is 5.75 Å². The number of halogens is 2. The van der Waals surface area contributed by atoms with Crippen molar-refractivity contribution in [3.63, 3.8) is 0 Å². The average Bonchev–Trinajstić information content (AvgIpc) is 2.79. The third kappa shape index (κ3) is 3.43. The molecule has 0 saturated heterocycles. The lowest BCUT2D eigenvalue weighted by Crippen LogP contribution is -2.08. The van der Waals surface area contributed by atoms with E-state index in [-0.39, 0.29) is 18.8 Å². The summed E-state index contributed by atoms with van der Waals surface area (Å²) in [5, 5.41) is 4.32. The Bertz CT molecular complexity index is 597. The second-order valence-electron chi connectivity index (χ2n) is 3.97. The van der Waals surface area contributed by atoms with Gasteiger partial charge in [0.05, 0.1) is 13.0 Å². The first-order valence-electron chi connectivity index (χ1n) is 6.05. The smallest absolute Gasteiger partial charge is 0.312 e. The Morgan fingerprint density at radius 1 is 1.45 bits per heavy atom. The maximum absolute atomic E-state index is 12.1. The van der Waals surface area contributed by atoms with Gasteiger partial charge >= 0.3 is 5.97 Å². The Kier molecular flexibility index (Phi) is 4.49. The van der Waals surface area contributed by atoms with Crippen molar-refractivity contribution in [2.45, 2.75) is 19.8 Å². The van der Waals surface area contributed by atoms with Crippen molar-refractivity contribution >= 4 is 16.9 Å². The molecule has 0 amide bonds. The van der Waals surface area contributed by atoms with E-state index in [1.165, 1.54) is 12.1 Å². The molecule has 1 heterocycles. The lowest BCUT2D eigenvalue weighted by atomic mass is 10.1. The number of fused-ring (bicyclic) bond motifs is 1. The highest BCUT2D eigenvalue weighted by molar-refractivity contribution is 5.85. The van der Waals surface area contributed by atoms with Crippen LogP contribution >= 0.6 is 0 Å². The number of ether oxygens (including phenoxy) is 2. The first-order valence-corrected chi connectivity index (χ1v) is 6.05. The van der Waals surface area contributed by atoms with E-state index in [0.29, 0.717) is 16.7 Å². The number of alkyl halides is 2. The van der Waals surface area contributed by atoms with Crippen molar-refractivity contribution in [1.82, 2.24) is 5.16 Å². The molecule has 0 N–H and O–H groups in total. The van der Waals surface area contributed by atoms with Gasteiger partial charge in [0.2, 0.25) is 0 Å². The van der Waals surface area contributed by atoms with Gasteiger partial charge in [-0.05, 0) is 25.1 Å². The van der Waals surface area contributed by atoms with Crippen molar-refractivity contribution in [1.29, 1.82) is 0 Å². The summed E-state index contributed by atoms with van der Waals surface area (Å²) < 4.78 is 39.0. The number of carbonyl (C=O) groups is 1. The Balaban J connectivity index is 2.19. The highest BCUT2D eigenvalue weighted by atomic mass is 19.3. The molecule has 1 aromatic carbocycles. The molecule has 0 unspecified atom stereocenters. The fraction of sp³-hybridized carbons (Fsp3) is 0.385. The van der Waals surface area contributed by atoms with Crippen LogP contribution in [0.2, 0.25) is 0 Å². The quantitative estimate of drug-likeness (QED) is 0.763. The first-order chi connectivity index (χ1) is 9.60. The van der Waals surface area contributed by atoms with E-state index < -0.39 is 19.0 Å². The predicted molar refractivity (Wildman–Crippen MR) is 65.8 cm³/mol. The highest BCUT2D eigenvalue weighted by Gasteiger charge is 2.14. The molecule has 0 aliphatic carbocycles. The van der Waals surface area contributed by atoms with Gasteiger partial charge in [0.25, 0.3) is 6.43 Å². The van der Waals surface area contributed by atoms with Gasteiger partial charge in [-0.3, -0.25) is 4.79 Å². The average molecular weight is 285 g/mol. The number of rotatable bonds is 6. The van der Waals surface area contributed by atoms with Crippen LogP contribution in [0, 0.1) is 0 Å². The Morgan fingerprint density at radius 2 is 2.25 bits per heavy atom. The molecular formula is C13H13F2NO4. The fourth-order valence-electron chi connectivity index (χ4n) is 1.69. The second-order valence-corrected chi connectivity index (χ2v) is 3.97. The zero-order valence-electron chi connectivity index (χ0n) is 10.8. The van der Waals surface area contributed by atoms with Gasteiger partial charge in [0, 0.05) is 5.39 Å². The van der Waals surface area contributed by atoms with Gasteiger partial charge in [0.15, 0.2) is 5.58 Å². The van der Waals surface area contributed by atoms with Crippen molar-refractivity contribution in [3.8, 4) is 5.75 Å². The number of carbonyl (C=O) groups excluding carboxylic acids is 1. The van der Waals surface area contributed by atoms with Crippen LogP contribution in [0.25, 0.3) is 11.0 Å². The largest absolute Gasteiger partial charge is 0.488 e. The third-order valence-corrected chi connectivity index (χ3v) is 2.51. The van der Waals surface area contributed by atoms with E-state index in [1.54, 1.807) is 13.0 Å². The molecule has 7 heteroatoms. The van der Waals surface area contributed by atoms with Crippen molar-refractivity contribution in [3.05, 3.63) is 23.9 Å². The second kappa shape index (κ2) is 6.31. The first kappa shape index (κ1) is 14.2. The molecule has 20 heavy (non-hydrogen) atoms. The molecule has 0 aliphatic rings. The summed E-state index contributed by atoms with van der Waals surface area (Å²) in [5.74, 6) is -0.160. The van der Waals surface area contributed by atoms with Crippen LogP contribution < -0.4 is 4.74 Å². The van der Waals surface area contributed by atoms with E-state index in [4.69, 9.17) is 14.0 Å². The zero-order chi connectivity index (χ0) is 14.5. The predicted octanol–water partition coefficient (Wildman–Crippen LogP) is 2.58. The monoisotopic (exact) mass is 285 g/mol. The van der Waals surface area contributed by atoms with Crippen molar-refractivity contribution in [2.75, 3.05) is 13.2 Å². The highest BCUT2D eigenvalue weighted by Crippen LogP contribution is 2.24. The molecule has 2 aromatic rings. The van der Waals surface area contributed by atoms with Gasteiger partial charge in [-0.1, -0.05) is 5.16 Å². The lowest BCUT2D eigenvalue weighted by Gasteiger charge is -2.05. The van der Waals surface area contributed by atoms with Gasteiger partial charge in [-0.15, -0.1) is 0 Å². The molecular weight excluding hydrogens is 272 g/mol. The van der Waals surface area contributed by atoms with Crippen LogP contribution in [0.15, 0.2) is 22.7 Å². The fourth-order valence-corrected chi connectivity index (χ4v) is 1.69. The van der Waals surface area contributed by atoms with Crippen LogP contribution in [0.3, 0.4) is 0 Å². The van der Waals surface area contributed by atoms with Gasteiger partial charge in [0.1, 0.15) is 18.1 Å². The molecule has 0 spiro atoms. The summed E-state index contributed by atoms with van der Waals surface area (Å²) in [6.45, 7) is 1.29. The molecule has 0 fully saturated rings. The van der Waals surface area contributed by atoms with Gasteiger partial charge < -0.3 is 14.0 Å². The number of nitrogens with zero attached hydrogens (tertiary/aromatic N) is 1. The van der Waals surface area contributed by atoms with Gasteiger partial charge in [-0.2, -0.15) is 0 Å². The molecule has 0 bridgehead atoms. The third-order valence-electron chi connectivity index (χ3n) is 2.51. The Morgan fingerprint density at radius 3 is 2.95 bits per heavy atom. The molecule has 0 aliphatic heterocycles. The summed E-state index contributed by atoms with van der Waals surface area (Å²) in [5.41, 5.74) is 0.842. The molecule has 2 rings (SSSR count). The molecule has 0 atom stereocenters. The van der Waals surface area contributed by atoms with Crippen LogP contribution in [-0.2, 0) is 16.0 Å². The molecule has 0 saturated carbocycles. The van der Waals surface area contributed by atoms with Gasteiger partial charge in [-0.25, -0.2) is 8.78 Å². The molecule has 5 nitrogen and oxygen atoms in total. The number of hydrogen-bond acceptors (Lipinski definition) is 5. The maximum atomic E-state index is 12.1. The normalized spacial score (nSPS) is 11.0. The minimum atomic E-state index is -2.55. The lowest BCUT2D eigenvalue weighted by molar-refractivity contribution is -0.142. The summed E-state index contributed by atoms with van der Waals surface area (Å²) >= 11 is 0. The van der Waals surface area contributed by atoms with Crippen LogP contribution in [0.1, 0.15) is 12.6 Å². The van der Waals surface area contributed by atoms with E-state index in [1.807, 2.05) is 0 Å². The maximum Gasteiger partial charge on any atom is 0.312 e. The van der Waals surface area contributed by atoms with Crippen LogP contribution in [0.4, 0.5) is 8.78 Å². The minimum Gasteiger partial charge on any atom is -0.488 e. The van der Waals surface area contributed by atoms with E-state index >= 15 is 0 Å². The van der Waals surface area contributed by atoms with Crippen molar-refractivity contribution < 1.29 is 27.6 Å². The zero-order valence-corrected chi connectivity index (χ0v) is 10.8. The van der Waals surface area contributed by atoms with E-state index in [2.05, 4.69) is 5.16 Å². The summed E-state index contributed by atoms with van der Waals surface area (Å²) in [6.07, 6.45) is -2.59. The SMILES string of the molecule is CCOC(=O)Cc1noc2ccc(OCC(F)F)cc12. The van der Waals surface area contributed by atoms with Crippen molar-refractivity contribution in [2.24, 2.45) is 0 Å². The topological polar surface area (TPSA) is 61.6 Å². The van der Waals surface area contributed by atoms with E-state index in [9.17, 15) is 13.6 Å². The Hall–Kier alpha value is -2.18. The number of benzene rings is 1. The van der Waals surface area contributed by atoms with E-state index in [0.717, 1.165) is 0 Å². The number of aromatic nitrogens is 1. The molecule has 1 aromatic heterocycles. The van der Waals surface area contributed by atoms with Crippen LogP contribution in [-0.4, -0.2) is 30.8 Å². The summed E-state index contributed by atoms with van der Waals surface area (Å²) in [6, 6.07) is 4.57. The minimum absolute atomic E-state index is 0.0425. The summed E-state index contributed by atoms with van der Waals surface area (Å²) in [7, 11) is 0. The Labute approximate surface area is 113 Å². The number of esters is 1. The summed E-state index contributed by atoms with van der Waals surface area (Å²) in [4.78, 5) is 11.4. The molecule has 0 radical (unpaired) electrons. The molecule has 108 valence electrons.